The number of methoxy groups -OCH3 is 1. The van der Waals surface area contributed by atoms with Crippen molar-refractivity contribution in [2.45, 2.75) is 12.8 Å². The van der Waals surface area contributed by atoms with Gasteiger partial charge in [-0.25, -0.2) is 4.79 Å². The van der Waals surface area contributed by atoms with Crippen LogP contribution in [0.25, 0.3) is 0 Å². The molecule has 0 unspecified atom stereocenters. The minimum absolute atomic E-state index is 0.0175. The molecule has 0 aromatic heterocycles. The predicted molar refractivity (Wildman–Crippen MR) is 80.2 cm³/mol. The van der Waals surface area contributed by atoms with Gasteiger partial charge in [0.2, 0.25) is 0 Å². The van der Waals surface area contributed by atoms with Crippen molar-refractivity contribution in [3.63, 3.8) is 0 Å². The third-order valence-electron chi connectivity index (χ3n) is 3.25. The first-order valence-corrected chi connectivity index (χ1v) is 6.88. The second-order valence-electron chi connectivity index (χ2n) is 4.91. The van der Waals surface area contributed by atoms with Gasteiger partial charge in [-0.3, -0.25) is 10.1 Å². The lowest BCUT2D eigenvalue weighted by Gasteiger charge is -2.10. The number of nitro benzene ring substituents is 1. The summed E-state index contributed by atoms with van der Waals surface area (Å²) in [4.78, 5) is 21.8. The molecule has 0 atom stereocenters. The van der Waals surface area contributed by atoms with Crippen molar-refractivity contribution in [1.82, 2.24) is 0 Å². The first-order chi connectivity index (χ1) is 11.7. The van der Waals surface area contributed by atoms with E-state index in [2.05, 4.69) is 4.74 Å². The number of carbonyl (C=O) groups excluding carboxylic acids is 1. The van der Waals surface area contributed by atoms with E-state index >= 15 is 0 Å². The van der Waals surface area contributed by atoms with Gasteiger partial charge in [0.15, 0.2) is 5.75 Å². The van der Waals surface area contributed by atoms with Crippen molar-refractivity contribution in [2.24, 2.45) is 0 Å². The van der Waals surface area contributed by atoms with Gasteiger partial charge < -0.3 is 9.47 Å². The topological polar surface area (TPSA) is 78.7 Å². The van der Waals surface area contributed by atoms with Crippen molar-refractivity contribution in [3.8, 4) is 5.75 Å². The molecule has 0 aliphatic carbocycles. The molecule has 0 saturated heterocycles. The van der Waals surface area contributed by atoms with Crippen LogP contribution in [0, 0.1) is 10.1 Å². The third-order valence-corrected chi connectivity index (χ3v) is 3.25. The van der Waals surface area contributed by atoms with Gasteiger partial charge in [-0.05, 0) is 29.8 Å². The number of esters is 1. The highest BCUT2D eigenvalue weighted by atomic mass is 19.4. The molecule has 2 rings (SSSR count). The molecule has 0 saturated carbocycles. The number of nitro groups is 1. The van der Waals surface area contributed by atoms with Gasteiger partial charge in [-0.2, -0.15) is 13.2 Å². The second kappa shape index (κ2) is 7.20. The summed E-state index contributed by atoms with van der Waals surface area (Å²) >= 11 is 0. The molecule has 0 aliphatic rings. The van der Waals surface area contributed by atoms with Crippen LogP contribution >= 0.6 is 0 Å². The molecule has 0 bridgehead atoms. The summed E-state index contributed by atoms with van der Waals surface area (Å²) in [7, 11) is 1.14. The Morgan fingerprint density at radius 3 is 2.32 bits per heavy atom. The number of hydrogen-bond donors (Lipinski definition) is 0. The predicted octanol–water partition coefficient (Wildman–Crippen LogP) is 3.98. The summed E-state index contributed by atoms with van der Waals surface area (Å²) in [5.41, 5.74) is -0.866. The number of carbonyl (C=O) groups is 1. The fourth-order valence-electron chi connectivity index (χ4n) is 1.98. The number of halogens is 3. The Hall–Kier alpha value is -3.10. The number of ether oxygens (including phenoxy) is 2. The molecule has 25 heavy (non-hydrogen) atoms. The van der Waals surface area contributed by atoms with Crippen LogP contribution in [0.15, 0.2) is 42.5 Å². The summed E-state index contributed by atoms with van der Waals surface area (Å²) in [6, 6.07) is 7.76. The average Bonchev–Trinajstić information content (AvgIpc) is 2.58. The molecule has 0 spiro atoms. The van der Waals surface area contributed by atoms with Crippen LogP contribution in [0.5, 0.6) is 5.75 Å². The standard InChI is InChI=1S/C16H12F3NO5/c1-24-15(21)11-4-7-14(13(8-11)20(22)23)25-9-10-2-5-12(6-3-10)16(17,18)19/h2-8H,9H2,1H3. The van der Waals surface area contributed by atoms with Gasteiger partial charge in [-0.15, -0.1) is 0 Å². The molecule has 6 nitrogen and oxygen atoms in total. The largest absolute Gasteiger partial charge is 0.482 e. The smallest absolute Gasteiger partial charge is 0.416 e. The third kappa shape index (κ3) is 4.46. The average molecular weight is 355 g/mol. The van der Waals surface area contributed by atoms with E-state index in [0.29, 0.717) is 5.56 Å². The van der Waals surface area contributed by atoms with E-state index in [1.165, 1.54) is 24.3 Å². The van der Waals surface area contributed by atoms with Gasteiger partial charge in [-0.1, -0.05) is 12.1 Å². The van der Waals surface area contributed by atoms with Crippen molar-refractivity contribution in [1.29, 1.82) is 0 Å². The van der Waals surface area contributed by atoms with Crippen LogP contribution in [0.2, 0.25) is 0 Å². The second-order valence-corrected chi connectivity index (χ2v) is 4.91. The van der Waals surface area contributed by atoms with E-state index in [1.54, 1.807) is 0 Å². The summed E-state index contributed by atoms with van der Waals surface area (Å²) in [6.45, 7) is -0.170. The lowest BCUT2D eigenvalue weighted by molar-refractivity contribution is -0.386. The number of alkyl halides is 3. The summed E-state index contributed by atoms with van der Waals surface area (Å²) in [5, 5.41) is 11.1. The Labute approximate surface area is 139 Å². The number of hydrogen-bond acceptors (Lipinski definition) is 5. The monoisotopic (exact) mass is 355 g/mol. The SMILES string of the molecule is COC(=O)c1ccc(OCc2ccc(C(F)(F)F)cc2)c([N+](=O)[O-])c1. The van der Waals surface area contributed by atoms with E-state index in [1.807, 2.05) is 0 Å². The Morgan fingerprint density at radius 1 is 1.16 bits per heavy atom. The Balaban J connectivity index is 2.17. The lowest BCUT2D eigenvalue weighted by atomic mass is 10.1. The molecule has 0 amide bonds. The molecule has 132 valence electrons. The molecule has 0 N–H and O–H groups in total. The zero-order valence-electron chi connectivity index (χ0n) is 12.9. The van der Waals surface area contributed by atoms with E-state index in [4.69, 9.17) is 4.74 Å². The minimum Gasteiger partial charge on any atom is -0.482 e. The van der Waals surface area contributed by atoms with Gasteiger partial charge in [0.25, 0.3) is 0 Å². The fourth-order valence-corrected chi connectivity index (χ4v) is 1.98. The van der Waals surface area contributed by atoms with Gasteiger partial charge >= 0.3 is 17.8 Å². The van der Waals surface area contributed by atoms with Crippen molar-refractivity contribution in [2.75, 3.05) is 7.11 Å². The van der Waals surface area contributed by atoms with Crippen molar-refractivity contribution >= 4 is 11.7 Å². The van der Waals surface area contributed by atoms with Crippen molar-refractivity contribution in [3.05, 3.63) is 69.3 Å². The van der Waals surface area contributed by atoms with E-state index in [0.717, 1.165) is 25.3 Å². The highest BCUT2D eigenvalue weighted by Crippen LogP contribution is 2.31. The Bertz CT molecular complexity index is 787. The van der Waals surface area contributed by atoms with Crippen molar-refractivity contribution < 1.29 is 32.4 Å². The van der Waals surface area contributed by atoms with Crippen LogP contribution in [0.3, 0.4) is 0 Å². The summed E-state index contributed by atoms with van der Waals surface area (Å²) in [6.07, 6.45) is -4.44. The first-order valence-electron chi connectivity index (χ1n) is 6.88. The molecule has 0 heterocycles. The van der Waals surface area contributed by atoms with Crippen LogP contribution in [0.4, 0.5) is 18.9 Å². The minimum atomic E-state index is -4.44. The van der Waals surface area contributed by atoms with E-state index in [9.17, 15) is 28.1 Å². The molecule has 2 aromatic carbocycles. The van der Waals surface area contributed by atoms with E-state index < -0.39 is 28.3 Å². The Kier molecular flexibility index (Phi) is 5.26. The molecule has 0 aliphatic heterocycles. The maximum absolute atomic E-state index is 12.5. The fraction of sp³-hybridized carbons (Fsp3) is 0.188. The van der Waals surface area contributed by atoms with Crippen LogP contribution in [0.1, 0.15) is 21.5 Å². The quantitative estimate of drug-likeness (QED) is 0.460. The molecule has 9 heteroatoms. The normalized spacial score (nSPS) is 11.0. The number of nitrogens with zero attached hydrogens (tertiary/aromatic N) is 1. The highest BCUT2D eigenvalue weighted by molar-refractivity contribution is 5.90. The number of rotatable bonds is 5. The van der Waals surface area contributed by atoms with Crippen LogP contribution < -0.4 is 4.74 Å². The van der Waals surface area contributed by atoms with E-state index in [-0.39, 0.29) is 17.9 Å². The van der Waals surface area contributed by atoms with Gasteiger partial charge in [0.05, 0.1) is 23.2 Å². The highest BCUT2D eigenvalue weighted by Gasteiger charge is 2.30. The molecule has 0 radical (unpaired) electrons. The summed E-state index contributed by atoms with van der Waals surface area (Å²) < 4.78 is 47.3. The molecule has 0 fully saturated rings. The zero-order chi connectivity index (χ0) is 18.6. The maximum Gasteiger partial charge on any atom is 0.416 e. The number of benzene rings is 2. The molecule has 2 aromatic rings. The van der Waals surface area contributed by atoms with Crippen LogP contribution in [-0.4, -0.2) is 18.0 Å². The lowest BCUT2D eigenvalue weighted by Crippen LogP contribution is -2.06. The molecular formula is C16H12F3NO5. The first kappa shape index (κ1) is 18.2. The van der Waals surface area contributed by atoms with Crippen LogP contribution in [-0.2, 0) is 17.5 Å². The summed E-state index contributed by atoms with van der Waals surface area (Å²) in [5.74, 6) is -0.852. The van der Waals surface area contributed by atoms with Gasteiger partial charge in [0.1, 0.15) is 6.61 Å². The maximum atomic E-state index is 12.5. The molecular weight excluding hydrogens is 343 g/mol. The zero-order valence-corrected chi connectivity index (χ0v) is 12.9. The Morgan fingerprint density at radius 2 is 1.80 bits per heavy atom. The van der Waals surface area contributed by atoms with Gasteiger partial charge in [0, 0.05) is 6.07 Å².